The predicted molar refractivity (Wildman–Crippen MR) is 78.8 cm³/mol. The van der Waals surface area contributed by atoms with Crippen LogP contribution in [-0.4, -0.2) is 4.98 Å². The van der Waals surface area contributed by atoms with Gasteiger partial charge in [-0.25, -0.2) is 0 Å². The highest BCUT2D eigenvalue weighted by molar-refractivity contribution is 5.87. The number of benzene rings is 2. The van der Waals surface area contributed by atoms with E-state index in [1.807, 2.05) is 12.3 Å². The maximum absolute atomic E-state index is 12.6. The maximum atomic E-state index is 12.6. The van der Waals surface area contributed by atoms with E-state index in [0.29, 0.717) is 6.42 Å². The largest absolute Gasteiger partial charge is 0.416 e. The van der Waals surface area contributed by atoms with Gasteiger partial charge in [0.05, 0.1) is 11.1 Å². The monoisotopic (exact) mass is 299 g/mol. The molecule has 110 valence electrons. The van der Waals surface area contributed by atoms with Crippen molar-refractivity contribution < 1.29 is 13.2 Å². The zero-order valence-corrected chi connectivity index (χ0v) is 11.6. The van der Waals surface area contributed by atoms with E-state index in [4.69, 9.17) is 0 Å². The zero-order valence-electron chi connectivity index (χ0n) is 11.6. The topological polar surface area (TPSA) is 12.9 Å². The number of fused-ring (bicyclic) bond motifs is 1. The standard InChI is InChI=1S/C18H12F3N/c19-18(20,21)14-4-1-11(2-5-14)7-13-10-22-17-6-3-12-8-15(13)16(17)9-12/h1-6,9-10H,7-8H2. The van der Waals surface area contributed by atoms with Gasteiger partial charge in [-0.2, -0.15) is 13.2 Å². The summed E-state index contributed by atoms with van der Waals surface area (Å²) in [6.45, 7) is 0. The Hall–Kier alpha value is -2.36. The number of hydrogen-bond donors (Lipinski definition) is 0. The first kappa shape index (κ1) is 13.3. The van der Waals surface area contributed by atoms with Crippen LogP contribution in [0.5, 0.6) is 0 Å². The Labute approximate surface area is 125 Å². The van der Waals surface area contributed by atoms with Crippen molar-refractivity contribution in [1.82, 2.24) is 4.98 Å². The molecule has 1 nitrogen and oxygen atoms in total. The van der Waals surface area contributed by atoms with Gasteiger partial charge in [-0.3, -0.25) is 4.98 Å². The summed E-state index contributed by atoms with van der Waals surface area (Å²) < 4.78 is 37.8. The second-order valence-corrected chi connectivity index (χ2v) is 5.66. The molecule has 0 radical (unpaired) electrons. The van der Waals surface area contributed by atoms with E-state index < -0.39 is 11.7 Å². The van der Waals surface area contributed by atoms with Crippen LogP contribution >= 0.6 is 0 Å². The fourth-order valence-corrected chi connectivity index (χ4v) is 3.04. The lowest BCUT2D eigenvalue weighted by Gasteiger charge is -2.10. The van der Waals surface area contributed by atoms with Gasteiger partial charge in [0.1, 0.15) is 0 Å². The van der Waals surface area contributed by atoms with E-state index in [1.54, 1.807) is 12.1 Å². The molecule has 0 fully saturated rings. The molecule has 1 heterocycles. The first-order valence-electron chi connectivity index (χ1n) is 7.06. The van der Waals surface area contributed by atoms with Gasteiger partial charge in [0.15, 0.2) is 0 Å². The first-order valence-corrected chi connectivity index (χ1v) is 7.06. The molecule has 2 bridgehead atoms. The van der Waals surface area contributed by atoms with Gasteiger partial charge in [0.2, 0.25) is 0 Å². The highest BCUT2D eigenvalue weighted by atomic mass is 19.4. The van der Waals surface area contributed by atoms with Gasteiger partial charge in [-0.15, -0.1) is 0 Å². The summed E-state index contributed by atoms with van der Waals surface area (Å²) >= 11 is 0. The Morgan fingerprint density at radius 1 is 1.00 bits per heavy atom. The van der Waals surface area contributed by atoms with Crippen molar-refractivity contribution in [2.24, 2.45) is 0 Å². The minimum atomic E-state index is -4.29. The number of aromatic nitrogens is 1. The lowest BCUT2D eigenvalue weighted by atomic mass is 9.99. The molecule has 3 aromatic rings. The maximum Gasteiger partial charge on any atom is 0.416 e. The van der Waals surface area contributed by atoms with Crippen LogP contribution in [0.2, 0.25) is 0 Å². The van der Waals surface area contributed by atoms with Crippen LogP contribution in [-0.2, 0) is 19.0 Å². The lowest BCUT2D eigenvalue weighted by Crippen LogP contribution is -2.04. The SMILES string of the molecule is FC(F)(F)c1ccc(Cc2cnc3ccc4cc3c2C4)cc1. The number of halogens is 3. The lowest BCUT2D eigenvalue weighted by molar-refractivity contribution is -0.137. The average molecular weight is 299 g/mol. The second-order valence-electron chi connectivity index (χ2n) is 5.66. The van der Waals surface area contributed by atoms with E-state index in [2.05, 4.69) is 17.1 Å². The number of nitrogens with zero attached hydrogens (tertiary/aromatic N) is 1. The molecule has 0 unspecified atom stereocenters. The molecule has 0 saturated carbocycles. The molecule has 4 heteroatoms. The third kappa shape index (κ3) is 2.15. The third-order valence-corrected chi connectivity index (χ3v) is 4.19. The normalized spacial score (nSPS) is 13.2. The van der Waals surface area contributed by atoms with Crippen LogP contribution in [0.4, 0.5) is 13.2 Å². The van der Waals surface area contributed by atoms with Crippen LogP contribution < -0.4 is 0 Å². The molecule has 4 rings (SSSR count). The summed E-state index contributed by atoms with van der Waals surface area (Å²) in [6, 6.07) is 11.6. The van der Waals surface area contributed by atoms with E-state index in [9.17, 15) is 13.2 Å². The third-order valence-electron chi connectivity index (χ3n) is 4.19. The molecule has 1 aliphatic rings. The summed E-state index contributed by atoms with van der Waals surface area (Å²) in [5.74, 6) is 0. The van der Waals surface area contributed by atoms with Gasteiger partial charge in [0.25, 0.3) is 0 Å². The summed E-state index contributed by atoms with van der Waals surface area (Å²) in [5.41, 5.74) is 4.85. The van der Waals surface area contributed by atoms with Crippen molar-refractivity contribution in [3.63, 3.8) is 0 Å². The van der Waals surface area contributed by atoms with Crippen molar-refractivity contribution >= 4 is 10.9 Å². The van der Waals surface area contributed by atoms with Gasteiger partial charge in [-0.1, -0.05) is 18.2 Å². The Morgan fingerprint density at radius 2 is 1.77 bits per heavy atom. The first-order chi connectivity index (χ1) is 10.5. The van der Waals surface area contributed by atoms with E-state index in [0.717, 1.165) is 35.2 Å². The van der Waals surface area contributed by atoms with Gasteiger partial charge < -0.3 is 0 Å². The molecule has 22 heavy (non-hydrogen) atoms. The molecule has 1 aromatic heterocycles. The highest BCUT2D eigenvalue weighted by Crippen LogP contribution is 2.32. The predicted octanol–water partition coefficient (Wildman–Crippen LogP) is 4.75. The Kier molecular flexibility index (Phi) is 2.76. The summed E-state index contributed by atoms with van der Waals surface area (Å²) in [7, 11) is 0. The molecule has 0 amide bonds. The Balaban J connectivity index is 1.66. The number of alkyl halides is 3. The molecule has 0 N–H and O–H groups in total. The van der Waals surface area contributed by atoms with Gasteiger partial charge in [-0.05, 0) is 59.4 Å². The van der Waals surface area contributed by atoms with Crippen molar-refractivity contribution in [2.45, 2.75) is 19.0 Å². The summed E-state index contributed by atoms with van der Waals surface area (Å²) in [4.78, 5) is 4.45. The van der Waals surface area contributed by atoms with Gasteiger partial charge in [0, 0.05) is 11.6 Å². The van der Waals surface area contributed by atoms with Crippen LogP contribution in [0.15, 0.2) is 48.7 Å². The summed E-state index contributed by atoms with van der Waals surface area (Å²) in [5, 5.41) is 1.17. The molecule has 0 spiro atoms. The van der Waals surface area contributed by atoms with Crippen molar-refractivity contribution in [2.75, 3.05) is 0 Å². The summed E-state index contributed by atoms with van der Waals surface area (Å²) in [6.07, 6.45) is -0.948. The van der Waals surface area contributed by atoms with Crippen molar-refractivity contribution in [1.29, 1.82) is 0 Å². The van der Waals surface area contributed by atoms with Gasteiger partial charge >= 0.3 is 6.18 Å². The van der Waals surface area contributed by atoms with Crippen LogP contribution in [0.3, 0.4) is 0 Å². The highest BCUT2D eigenvalue weighted by Gasteiger charge is 2.30. The average Bonchev–Trinajstić information content (AvgIpc) is 2.87. The Bertz CT molecular complexity index is 864. The fourth-order valence-electron chi connectivity index (χ4n) is 3.04. The molecular weight excluding hydrogens is 287 g/mol. The van der Waals surface area contributed by atoms with Crippen LogP contribution in [0.25, 0.3) is 10.9 Å². The molecular formula is C18H12F3N. The molecule has 1 aliphatic carbocycles. The fraction of sp³-hybridized carbons (Fsp3) is 0.167. The molecule has 0 saturated heterocycles. The van der Waals surface area contributed by atoms with Crippen molar-refractivity contribution in [3.8, 4) is 0 Å². The smallest absolute Gasteiger partial charge is 0.256 e. The van der Waals surface area contributed by atoms with E-state index in [1.165, 1.54) is 16.5 Å². The number of hydrogen-bond acceptors (Lipinski definition) is 1. The minimum Gasteiger partial charge on any atom is -0.256 e. The van der Waals surface area contributed by atoms with Crippen molar-refractivity contribution in [3.05, 3.63) is 76.5 Å². The van der Waals surface area contributed by atoms with Crippen LogP contribution in [0.1, 0.15) is 27.8 Å². The number of pyridine rings is 1. The molecule has 0 aliphatic heterocycles. The molecule has 2 aromatic carbocycles. The minimum absolute atomic E-state index is 0.606. The van der Waals surface area contributed by atoms with Crippen LogP contribution in [0, 0.1) is 0 Å². The zero-order chi connectivity index (χ0) is 15.3. The van der Waals surface area contributed by atoms with E-state index in [-0.39, 0.29) is 0 Å². The second kappa shape index (κ2) is 4.57. The molecule has 0 atom stereocenters. The quantitative estimate of drug-likeness (QED) is 0.520. The number of rotatable bonds is 2. The Morgan fingerprint density at radius 3 is 2.50 bits per heavy atom. The van der Waals surface area contributed by atoms with E-state index >= 15 is 0 Å².